The number of hydrogen-bond donors (Lipinski definition) is 2. The summed E-state index contributed by atoms with van der Waals surface area (Å²) in [4.78, 5) is 29.4. The quantitative estimate of drug-likeness (QED) is 0.779. The highest BCUT2D eigenvalue weighted by atomic mass is 32.1. The lowest BCUT2D eigenvalue weighted by Gasteiger charge is -2.16. The van der Waals surface area contributed by atoms with E-state index in [0.717, 1.165) is 0 Å². The summed E-state index contributed by atoms with van der Waals surface area (Å²) in [7, 11) is 1.31. The van der Waals surface area contributed by atoms with Crippen LogP contribution in [0.1, 0.15) is 22.5 Å². The minimum absolute atomic E-state index is 0.0997. The van der Waals surface area contributed by atoms with Gasteiger partial charge < -0.3 is 20.7 Å². The van der Waals surface area contributed by atoms with Crippen molar-refractivity contribution < 1.29 is 14.3 Å². The zero-order valence-electron chi connectivity index (χ0n) is 11.5. The van der Waals surface area contributed by atoms with E-state index < -0.39 is 6.09 Å². The van der Waals surface area contributed by atoms with Crippen molar-refractivity contribution in [2.24, 2.45) is 5.73 Å². The molecule has 1 saturated heterocycles. The molecule has 1 aromatic rings. The van der Waals surface area contributed by atoms with Gasteiger partial charge in [-0.3, -0.25) is 9.78 Å². The fourth-order valence-electron chi connectivity index (χ4n) is 2.12. The Bertz CT molecular complexity index is 561. The van der Waals surface area contributed by atoms with E-state index >= 15 is 0 Å². The molecule has 1 aromatic heterocycles. The van der Waals surface area contributed by atoms with E-state index in [4.69, 9.17) is 18.0 Å². The molecule has 1 aliphatic rings. The minimum Gasteiger partial charge on any atom is -0.453 e. The van der Waals surface area contributed by atoms with Gasteiger partial charge in [0.05, 0.1) is 13.2 Å². The molecule has 0 spiro atoms. The van der Waals surface area contributed by atoms with Gasteiger partial charge in [-0.25, -0.2) is 4.79 Å². The van der Waals surface area contributed by atoms with Crippen LogP contribution in [0.4, 0.5) is 4.79 Å². The molecule has 21 heavy (non-hydrogen) atoms. The largest absolute Gasteiger partial charge is 0.453 e. The molecular weight excluding hydrogens is 292 g/mol. The fourth-order valence-corrected chi connectivity index (χ4v) is 2.24. The lowest BCUT2D eigenvalue weighted by Crippen LogP contribution is -2.38. The SMILES string of the molecule is COC(=O)NC1CCN(C(=O)c2ccc(C(N)=S)cn2)C1. The highest BCUT2D eigenvalue weighted by Crippen LogP contribution is 2.13. The zero-order valence-corrected chi connectivity index (χ0v) is 12.4. The van der Waals surface area contributed by atoms with Crippen molar-refractivity contribution in [2.75, 3.05) is 20.2 Å². The number of hydrogen-bond acceptors (Lipinski definition) is 5. The Morgan fingerprint density at radius 3 is 2.86 bits per heavy atom. The van der Waals surface area contributed by atoms with Crippen LogP contribution in [0.2, 0.25) is 0 Å². The number of amides is 2. The Morgan fingerprint density at radius 2 is 2.29 bits per heavy atom. The second-order valence-corrected chi connectivity index (χ2v) is 5.11. The summed E-state index contributed by atoms with van der Waals surface area (Å²) in [6.45, 7) is 0.999. The number of carbonyl (C=O) groups is 2. The van der Waals surface area contributed by atoms with Crippen molar-refractivity contribution in [1.29, 1.82) is 0 Å². The maximum atomic E-state index is 12.3. The number of rotatable bonds is 3. The molecule has 0 aliphatic carbocycles. The van der Waals surface area contributed by atoms with Crippen LogP contribution >= 0.6 is 12.2 Å². The highest BCUT2D eigenvalue weighted by molar-refractivity contribution is 7.80. The van der Waals surface area contributed by atoms with Crippen LogP contribution in [0.25, 0.3) is 0 Å². The third-order valence-corrected chi connectivity index (χ3v) is 3.49. The predicted molar refractivity (Wildman–Crippen MR) is 80.0 cm³/mol. The molecule has 0 bridgehead atoms. The summed E-state index contributed by atoms with van der Waals surface area (Å²) in [5.74, 6) is -0.182. The molecule has 2 rings (SSSR count). The molecule has 0 saturated carbocycles. The number of aromatic nitrogens is 1. The van der Waals surface area contributed by atoms with E-state index in [1.165, 1.54) is 13.3 Å². The molecule has 112 valence electrons. The van der Waals surface area contributed by atoms with Gasteiger partial charge in [-0.2, -0.15) is 0 Å². The number of nitrogens with one attached hydrogen (secondary N) is 1. The Hall–Kier alpha value is -2.22. The first-order chi connectivity index (χ1) is 10.0. The van der Waals surface area contributed by atoms with E-state index in [-0.39, 0.29) is 16.9 Å². The Labute approximate surface area is 127 Å². The van der Waals surface area contributed by atoms with Crippen LogP contribution in [0.5, 0.6) is 0 Å². The van der Waals surface area contributed by atoms with E-state index in [1.54, 1.807) is 17.0 Å². The summed E-state index contributed by atoms with van der Waals surface area (Å²) in [6, 6.07) is 3.16. The van der Waals surface area contributed by atoms with E-state index in [1.807, 2.05) is 0 Å². The maximum absolute atomic E-state index is 12.3. The number of ether oxygens (including phenoxy) is 1. The van der Waals surface area contributed by atoms with Crippen LogP contribution in [0.15, 0.2) is 18.3 Å². The number of pyridine rings is 1. The Balaban J connectivity index is 1.98. The second-order valence-electron chi connectivity index (χ2n) is 4.67. The first-order valence-corrected chi connectivity index (χ1v) is 6.81. The van der Waals surface area contributed by atoms with Gasteiger partial charge in [0.15, 0.2) is 0 Å². The lowest BCUT2D eigenvalue weighted by molar-refractivity contribution is 0.0782. The maximum Gasteiger partial charge on any atom is 0.407 e. The third kappa shape index (κ3) is 3.66. The van der Waals surface area contributed by atoms with Crippen molar-refractivity contribution in [3.8, 4) is 0 Å². The van der Waals surface area contributed by atoms with Crippen molar-refractivity contribution in [3.05, 3.63) is 29.6 Å². The van der Waals surface area contributed by atoms with Crippen molar-refractivity contribution in [3.63, 3.8) is 0 Å². The number of likely N-dealkylation sites (tertiary alicyclic amines) is 1. The van der Waals surface area contributed by atoms with Crippen molar-refractivity contribution in [2.45, 2.75) is 12.5 Å². The van der Waals surface area contributed by atoms with E-state index in [0.29, 0.717) is 30.8 Å². The smallest absolute Gasteiger partial charge is 0.407 e. The molecule has 2 heterocycles. The molecule has 1 fully saturated rings. The minimum atomic E-state index is -0.492. The van der Waals surface area contributed by atoms with Gasteiger partial charge in [0.1, 0.15) is 10.7 Å². The molecular formula is C13H16N4O3S. The lowest BCUT2D eigenvalue weighted by atomic mass is 10.2. The summed E-state index contributed by atoms with van der Waals surface area (Å²) in [6.07, 6.45) is 1.68. The van der Waals surface area contributed by atoms with Crippen molar-refractivity contribution in [1.82, 2.24) is 15.2 Å². The molecule has 0 radical (unpaired) electrons. The van der Waals surface area contributed by atoms with Crippen LogP contribution in [-0.4, -0.2) is 53.1 Å². The third-order valence-electron chi connectivity index (χ3n) is 3.25. The van der Waals surface area contributed by atoms with Gasteiger partial charge >= 0.3 is 6.09 Å². The average Bonchev–Trinajstić information content (AvgIpc) is 2.94. The van der Waals surface area contributed by atoms with Gasteiger partial charge in [-0.05, 0) is 18.6 Å². The molecule has 8 heteroatoms. The molecule has 2 amide bonds. The average molecular weight is 308 g/mol. The van der Waals surface area contributed by atoms with Gasteiger partial charge in [0, 0.05) is 24.8 Å². The van der Waals surface area contributed by atoms with E-state index in [2.05, 4.69) is 15.0 Å². The fraction of sp³-hybridized carbons (Fsp3) is 0.385. The molecule has 7 nitrogen and oxygen atoms in total. The van der Waals surface area contributed by atoms with E-state index in [9.17, 15) is 9.59 Å². The van der Waals surface area contributed by atoms with Crippen molar-refractivity contribution >= 4 is 29.2 Å². The molecule has 3 N–H and O–H groups in total. The predicted octanol–water partition coefficient (Wildman–Crippen LogP) is 0.286. The van der Waals surface area contributed by atoms with Crippen LogP contribution in [-0.2, 0) is 4.74 Å². The second kappa shape index (κ2) is 6.49. The Morgan fingerprint density at radius 1 is 1.52 bits per heavy atom. The monoisotopic (exact) mass is 308 g/mol. The molecule has 0 aromatic carbocycles. The highest BCUT2D eigenvalue weighted by Gasteiger charge is 2.28. The van der Waals surface area contributed by atoms with Crippen LogP contribution in [0, 0.1) is 0 Å². The topological polar surface area (TPSA) is 97.5 Å². The zero-order chi connectivity index (χ0) is 15.4. The van der Waals surface area contributed by atoms with Gasteiger partial charge in [-0.15, -0.1) is 0 Å². The summed E-state index contributed by atoms with van der Waals surface area (Å²) in [5, 5.41) is 2.68. The normalized spacial score (nSPS) is 17.4. The summed E-state index contributed by atoms with van der Waals surface area (Å²) >= 11 is 4.84. The number of alkyl carbamates (subject to hydrolysis) is 1. The number of methoxy groups -OCH3 is 1. The van der Waals surface area contributed by atoms with Crippen LogP contribution in [0.3, 0.4) is 0 Å². The molecule has 1 atom stereocenters. The standard InChI is InChI=1S/C13H16N4O3S/c1-20-13(19)16-9-4-5-17(7-9)12(18)10-3-2-8(6-15-10)11(14)21/h2-3,6,9H,4-5,7H2,1H3,(H2,14,21)(H,16,19). The molecule has 1 aliphatic heterocycles. The number of nitrogens with zero attached hydrogens (tertiary/aromatic N) is 2. The van der Waals surface area contributed by atoms with Gasteiger partial charge in [0.2, 0.25) is 0 Å². The first kappa shape index (κ1) is 15.2. The van der Waals surface area contributed by atoms with Crippen LogP contribution < -0.4 is 11.1 Å². The number of thiocarbonyl (C=S) groups is 1. The summed E-state index contributed by atoms with van der Waals surface area (Å²) in [5.41, 5.74) is 6.43. The van der Waals surface area contributed by atoms with Gasteiger partial charge in [0.25, 0.3) is 5.91 Å². The van der Waals surface area contributed by atoms with Gasteiger partial charge in [-0.1, -0.05) is 12.2 Å². The number of carbonyl (C=O) groups excluding carboxylic acids is 2. The first-order valence-electron chi connectivity index (χ1n) is 6.41. The summed E-state index contributed by atoms with van der Waals surface area (Å²) < 4.78 is 4.54. The number of nitrogens with two attached hydrogens (primary N) is 1. The molecule has 1 unspecified atom stereocenters. The Kier molecular flexibility index (Phi) is 4.69.